The van der Waals surface area contributed by atoms with Gasteiger partial charge in [0.15, 0.2) is 0 Å². The zero-order valence-corrected chi connectivity index (χ0v) is 7.57. The third-order valence-electron chi connectivity index (χ3n) is 1.77. The number of carbonyl (C=O) groups is 1. The second-order valence-electron chi connectivity index (χ2n) is 3.23. The Hall–Kier alpha value is -0.220. The van der Waals surface area contributed by atoms with Gasteiger partial charge in [-0.15, -0.1) is 11.8 Å². The van der Waals surface area contributed by atoms with Crippen LogP contribution in [-0.2, 0) is 4.79 Å². The first-order valence-corrected chi connectivity index (χ1v) is 4.50. The van der Waals surface area contributed by atoms with Crippen molar-refractivity contribution in [3.63, 3.8) is 0 Å². The van der Waals surface area contributed by atoms with Crippen LogP contribution in [0.2, 0.25) is 0 Å². The molecule has 3 nitrogen and oxygen atoms in total. The number of hydrogen-bond acceptors (Lipinski definition) is 3. The van der Waals surface area contributed by atoms with Gasteiger partial charge in [0, 0.05) is 16.5 Å². The maximum Gasteiger partial charge on any atom is 0.317 e. The highest BCUT2D eigenvalue weighted by Gasteiger charge is 2.46. The van der Waals surface area contributed by atoms with Gasteiger partial charge in [-0.25, -0.2) is 0 Å². The molecule has 0 saturated carbocycles. The van der Waals surface area contributed by atoms with Crippen molar-refractivity contribution in [2.45, 2.75) is 23.8 Å². The van der Waals surface area contributed by atoms with Gasteiger partial charge < -0.3 is 10.4 Å². The molecule has 0 aromatic heterocycles. The zero-order valence-electron chi connectivity index (χ0n) is 6.76. The molecule has 1 aliphatic heterocycles. The van der Waals surface area contributed by atoms with E-state index in [0.29, 0.717) is 10.00 Å². The maximum atomic E-state index is 10.1. The lowest BCUT2D eigenvalue weighted by molar-refractivity contribution is -0.135. The van der Waals surface area contributed by atoms with Crippen LogP contribution in [0.5, 0.6) is 0 Å². The smallest absolute Gasteiger partial charge is 0.317 e. The van der Waals surface area contributed by atoms with Crippen LogP contribution in [0.3, 0.4) is 0 Å². The van der Waals surface area contributed by atoms with E-state index in [1.807, 2.05) is 11.8 Å². The quantitative estimate of drug-likeness (QED) is 0.613. The van der Waals surface area contributed by atoms with Gasteiger partial charge in [-0.3, -0.25) is 4.79 Å². The molecule has 0 bridgehead atoms. The predicted octanol–water partition coefficient (Wildman–Crippen LogP) is 0.555. The summed E-state index contributed by atoms with van der Waals surface area (Å²) in [6.07, 6.45) is 0. The highest BCUT2D eigenvalue weighted by atomic mass is 32.2. The van der Waals surface area contributed by atoms with E-state index in [1.165, 1.54) is 0 Å². The molecule has 11 heavy (non-hydrogen) atoms. The number of thioether (sulfide) groups is 1. The van der Waals surface area contributed by atoms with Gasteiger partial charge >= 0.3 is 5.97 Å². The van der Waals surface area contributed by atoms with E-state index in [9.17, 15) is 4.79 Å². The molecule has 1 saturated heterocycles. The minimum absolute atomic E-state index is 0.0765. The summed E-state index contributed by atoms with van der Waals surface area (Å²) < 4.78 is 0.367. The number of carboxylic acids is 1. The van der Waals surface area contributed by atoms with Crippen molar-refractivity contribution in [3.05, 3.63) is 0 Å². The van der Waals surface area contributed by atoms with Crippen LogP contribution in [0.4, 0.5) is 0 Å². The Kier molecular flexibility index (Phi) is 2.44. The summed E-state index contributed by atoms with van der Waals surface area (Å²) in [5.41, 5.74) is 0. The van der Waals surface area contributed by atoms with E-state index in [2.05, 4.69) is 19.2 Å². The molecule has 64 valence electrons. The Balaban J connectivity index is 2.02. The molecular weight excluding hydrogens is 162 g/mol. The summed E-state index contributed by atoms with van der Waals surface area (Å²) in [6.45, 7) is 5.23. The van der Waals surface area contributed by atoms with Crippen molar-refractivity contribution in [1.29, 1.82) is 0 Å². The van der Waals surface area contributed by atoms with E-state index in [-0.39, 0.29) is 6.54 Å². The van der Waals surface area contributed by atoms with Crippen molar-refractivity contribution in [3.8, 4) is 0 Å². The fraction of sp³-hybridized carbons (Fsp3) is 0.857. The minimum Gasteiger partial charge on any atom is -0.480 e. The SMILES string of the molecule is CC1(C)SC1CNCC(=O)O. The van der Waals surface area contributed by atoms with Crippen molar-refractivity contribution < 1.29 is 9.90 Å². The molecule has 1 rings (SSSR count). The Morgan fingerprint density at radius 3 is 2.64 bits per heavy atom. The fourth-order valence-corrected chi connectivity index (χ4v) is 1.88. The third-order valence-corrected chi connectivity index (χ3v) is 3.45. The Labute approximate surface area is 70.6 Å². The Bertz CT molecular complexity index is 170. The summed E-state index contributed by atoms with van der Waals surface area (Å²) in [5, 5.41) is 11.8. The lowest BCUT2D eigenvalue weighted by Gasteiger charge is -2.00. The van der Waals surface area contributed by atoms with E-state index in [0.717, 1.165) is 6.54 Å². The first kappa shape index (κ1) is 8.87. The lowest BCUT2D eigenvalue weighted by atomic mass is 10.1. The molecule has 0 aromatic carbocycles. The monoisotopic (exact) mass is 175 g/mol. The largest absolute Gasteiger partial charge is 0.480 e. The molecule has 1 heterocycles. The van der Waals surface area contributed by atoms with Gasteiger partial charge in [0.25, 0.3) is 0 Å². The van der Waals surface area contributed by atoms with Crippen molar-refractivity contribution in [2.24, 2.45) is 0 Å². The third kappa shape index (κ3) is 2.71. The lowest BCUT2D eigenvalue weighted by Crippen LogP contribution is -2.28. The van der Waals surface area contributed by atoms with Gasteiger partial charge in [-0.2, -0.15) is 0 Å². The first-order valence-electron chi connectivity index (χ1n) is 3.63. The minimum atomic E-state index is -0.784. The molecule has 1 fully saturated rings. The molecular formula is C7H13NO2S. The van der Waals surface area contributed by atoms with Crippen LogP contribution in [0.15, 0.2) is 0 Å². The van der Waals surface area contributed by atoms with Crippen LogP contribution < -0.4 is 5.32 Å². The summed E-state index contributed by atoms with van der Waals surface area (Å²) in [6, 6.07) is 0. The van der Waals surface area contributed by atoms with Crippen LogP contribution >= 0.6 is 11.8 Å². The highest BCUT2D eigenvalue weighted by Crippen LogP contribution is 2.52. The van der Waals surface area contributed by atoms with Gasteiger partial charge in [0.05, 0.1) is 6.54 Å². The molecule has 2 N–H and O–H groups in total. The summed E-state index contributed by atoms with van der Waals surface area (Å²) in [5.74, 6) is -0.784. The number of rotatable bonds is 4. The predicted molar refractivity (Wildman–Crippen MR) is 46.0 cm³/mol. The van der Waals surface area contributed by atoms with Gasteiger partial charge in [-0.1, -0.05) is 0 Å². The molecule has 0 amide bonds. The number of aliphatic carboxylic acids is 1. The van der Waals surface area contributed by atoms with Crippen LogP contribution in [-0.4, -0.2) is 34.2 Å². The first-order chi connectivity index (χ1) is 5.02. The van der Waals surface area contributed by atoms with Crippen LogP contribution in [0.1, 0.15) is 13.8 Å². The van der Waals surface area contributed by atoms with E-state index < -0.39 is 5.97 Å². The summed E-state index contributed by atoms with van der Waals surface area (Å²) in [4.78, 5) is 10.1. The second-order valence-corrected chi connectivity index (χ2v) is 5.09. The fourth-order valence-electron chi connectivity index (χ4n) is 0.930. The van der Waals surface area contributed by atoms with Crippen molar-refractivity contribution in [2.75, 3.05) is 13.1 Å². The maximum absolute atomic E-state index is 10.1. The molecule has 1 unspecified atom stereocenters. The average molecular weight is 175 g/mol. The van der Waals surface area contributed by atoms with Crippen LogP contribution in [0.25, 0.3) is 0 Å². The normalized spacial score (nSPS) is 26.5. The molecule has 0 aliphatic carbocycles. The Morgan fingerprint density at radius 1 is 1.73 bits per heavy atom. The second kappa shape index (κ2) is 3.03. The van der Waals surface area contributed by atoms with E-state index in [4.69, 9.17) is 5.11 Å². The highest BCUT2D eigenvalue weighted by molar-refractivity contribution is 8.08. The number of hydrogen-bond donors (Lipinski definition) is 2. The van der Waals surface area contributed by atoms with Crippen molar-refractivity contribution in [1.82, 2.24) is 5.32 Å². The summed E-state index contributed by atoms with van der Waals surface area (Å²) in [7, 11) is 0. The number of nitrogens with one attached hydrogen (secondary N) is 1. The Morgan fingerprint density at radius 2 is 2.27 bits per heavy atom. The molecule has 0 spiro atoms. The standard InChI is InChI=1S/C7H13NO2S/c1-7(2)5(11-7)3-8-4-6(9)10/h5,8H,3-4H2,1-2H3,(H,9,10). The molecule has 4 heteroatoms. The molecule has 1 atom stereocenters. The van der Waals surface area contributed by atoms with Crippen molar-refractivity contribution >= 4 is 17.7 Å². The average Bonchev–Trinajstić information content (AvgIpc) is 2.39. The van der Waals surface area contributed by atoms with Crippen LogP contribution in [0, 0.1) is 0 Å². The van der Waals surface area contributed by atoms with Gasteiger partial charge in [0.2, 0.25) is 0 Å². The molecule has 0 aromatic rings. The van der Waals surface area contributed by atoms with Gasteiger partial charge in [0.1, 0.15) is 0 Å². The van der Waals surface area contributed by atoms with Gasteiger partial charge in [-0.05, 0) is 13.8 Å². The van der Waals surface area contributed by atoms with E-state index in [1.54, 1.807) is 0 Å². The summed E-state index contributed by atoms with van der Waals surface area (Å²) >= 11 is 1.89. The molecule has 1 aliphatic rings. The molecule has 0 radical (unpaired) electrons. The number of carboxylic acid groups (broad SMARTS) is 1. The topological polar surface area (TPSA) is 49.3 Å². The zero-order chi connectivity index (χ0) is 8.48. The van der Waals surface area contributed by atoms with E-state index >= 15 is 0 Å².